The Balaban J connectivity index is 1.92. The Labute approximate surface area is 122 Å². The fourth-order valence-electron chi connectivity index (χ4n) is 3.28. The standard InChI is InChI=1S/C15H29N5/c1-12(2)20-15(17-11-18-20)10-14(19-16)9-13-7-5-3-4-6-8-13/h11-14,19H,3-10,16H2,1-2H3. The first kappa shape index (κ1) is 15.4. The number of rotatable bonds is 6. The first-order valence-corrected chi connectivity index (χ1v) is 8.05. The van der Waals surface area contributed by atoms with Crippen LogP contribution in [0.1, 0.15) is 70.7 Å². The van der Waals surface area contributed by atoms with E-state index in [0.29, 0.717) is 12.1 Å². The molecule has 0 amide bonds. The average molecular weight is 279 g/mol. The number of nitrogens with one attached hydrogen (secondary N) is 1. The molecule has 20 heavy (non-hydrogen) atoms. The molecule has 3 N–H and O–H groups in total. The van der Waals surface area contributed by atoms with E-state index < -0.39 is 0 Å². The van der Waals surface area contributed by atoms with Crippen LogP contribution in [0.3, 0.4) is 0 Å². The van der Waals surface area contributed by atoms with E-state index in [1.807, 2.05) is 4.68 Å². The summed E-state index contributed by atoms with van der Waals surface area (Å²) in [6.45, 7) is 4.27. The molecule has 1 heterocycles. The summed E-state index contributed by atoms with van der Waals surface area (Å²) in [6, 6.07) is 0.656. The molecule has 114 valence electrons. The highest BCUT2D eigenvalue weighted by atomic mass is 15.3. The number of nitrogens with two attached hydrogens (primary N) is 1. The van der Waals surface area contributed by atoms with Gasteiger partial charge in [-0.2, -0.15) is 5.10 Å². The van der Waals surface area contributed by atoms with Gasteiger partial charge in [0, 0.05) is 18.5 Å². The third-order valence-corrected chi connectivity index (χ3v) is 4.39. The van der Waals surface area contributed by atoms with E-state index in [1.165, 1.54) is 38.5 Å². The zero-order valence-electron chi connectivity index (χ0n) is 12.9. The van der Waals surface area contributed by atoms with Crippen molar-refractivity contribution in [3.8, 4) is 0 Å². The van der Waals surface area contributed by atoms with E-state index in [0.717, 1.165) is 24.6 Å². The molecular formula is C15H29N5. The molecule has 1 atom stereocenters. The van der Waals surface area contributed by atoms with Crippen molar-refractivity contribution in [3.63, 3.8) is 0 Å². The van der Waals surface area contributed by atoms with Gasteiger partial charge in [-0.1, -0.05) is 38.5 Å². The minimum Gasteiger partial charge on any atom is -0.271 e. The molecule has 0 bridgehead atoms. The Morgan fingerprint density at radius 2 is 2.00 bits per heavy atom. The summed E-state index contributed by atoms with van der Waals surface area (Å²) in [4.78, 5) is 4.39. The lowest BCUT2D eigenvalue weighted by Crippen LogP contribution is -2.39. The Bertz CT molecular complexity index is 379. The molecule has 5 heteroatoms. The van der Waals surface area contributed by atoms with Gasteiger partial charge in [-0.15, -0.1) is 0 Å². The third kappa shape index (κ3) is 4.28. The van der Waals surface area contributed by atoms with Crippen LogP contribution >= 0.6 is 0 Å². The Morgan fingerprint density at radius 1 is 1.30 bits per heavy atom. The zero-order chi connectivity index (χ0) is 14.4. The van der Waals surface area contributed by atoms with Crippen molar-refractivity contribution < 1.29 is 0 Å². The van der Waals surface area contributed by atoms with Gasteiger partial charge in [-0.25, -0.2) is 9.67 Å². The molecule has 0 aromatic carbocycles. The van der Waals surface area contributed by atoms with Crippen molar-refractivity contribution in [1.29, 1.82) is 0 Å². The summed E-state index contributed by atoms with van der Waals surface area (Å²) >= 11 is 0. The molecule has 1 saturated carbocycles. The topological polar surface area (TPSA) is 68.8 Å². The summed E-state index contributed by atoms with van der Waals surface area (Å²) in [7, 11) is 0. The van der Waals surface area contributed by atoms with Gasteiger partial charge in [0.15, 0.2) is 0 Å². The lowest BCUT2D eigenvalue weighted by molar-refractivity contribution is 0.343. The molecule has 0 saturated heterocycles. The highest BCUT2D eigenvalue weighted by Gasteiger charge is 2.20. The molecule has 0 spiro atoms. The van der Waals surface area contributed by atoms with E-state index in [-0.39, 0.29) is 0 Å². The van der Waals surface area contributed by atoms with Gasteiger partial charge in [-0.3, -0.25) is 11.3 Å². The predicted octanol–water partition coefficient (Wildman–Crippen LogP) is 2.59. The lowest BCUT2D eigenvalue weighted by atomic mass is 9.91. The van der Waals surface area contributed by atoms with Crippen molar-refractivity contribution in [1.82, 2.24) is 20.2 Å². The van der Waals surface area contributed by atoms with Crippen LogP contribution in [-0.2, 0) is 6.42 Å². The number of hydrazine groups is 1. The summed E-state index contributed by atoms with van der Waals surface area (Å²) in [5.74, 6) is 7.62. The smallest absolute Gasteiger partial charge is 0.138 e. The van der Waals surface area contributed by atoms with Crippen LogP contribution in [0.25, 0.3) is 0 Å². The summed E-state index contributed by atoms with van der Waals surface area (Å²) in [5.41, 5.74) is 2.99. The van der Waals surface area contributed by atoms with Crippen LogP contribution in [0.5, 0.6) is 0 Å². The first-order valence-electron chi connectivity index (χ1n) is 8.05. The maximum absolute atomic E-state index is 5.76. The minimum atomic E-state index is 0.305. The van der Waals surface area contributed by atoms with Gasteiger partial charge in [0.2, 0.25) is 0 Å². The van der Waals surface area contributed by atoms with Crippen molar-refractivity contribution in [2.24, 2.45) is 11.8 Å². The monoisotopic (exact) mass is 279 g/mol. The SMILES string of the molecule is CC(C)n1ncnc1CC(CC1CCCCCC1)NN. The molecule has 0 radical (unpaired) electrons. The van der Waals surface area contributed by atoms with Crippen LogP contribution in [0.2, 0.25) is 0 Å². The van der Waals surface area contributed by atoms with Crippen LogP contribution < -0.4 is 11.3 Å². The quantitative estimate of drug-likeness (QED) is 0.477. The highest BCUT2D eigenvalue weighted by molar-refractivity contribution is 4.91. The van der Waals surface area contributed by atoms with Gasteiger partial charge >= 0.3 is 0 Å². The fourth-order valence-corrected chi connectivity index (χ4v) is 3.28. The molecule has 0 aliphatic heterocycles. The van der Waals surface area contributed by atoms with Crippen molar-refractivity contribution in [2.75, 3.05) is 0 Å². The number of hydrogen-bond donors (Lipinski definition) is 2. The molecule has 5 nitrogen and oxygen atoms in total. The maximum Gasteiger partial charge on any atom is 0.138 e. The summed E-state index contributed by atoms with van der Waals surface area (Å²) < 4.78 is 2.00. The number of nitrogens with zero attached hydrogens (tertiary/aromatic N) is 3. The van der Waals surface area contributed by atoms with Crippen LogP contribution in [0.4, 0.5) is 0 Å². The predicted molar refractivity (Wildman–Crippen MR) is 81.0 cm³/mol. The van der Waals surface area contributed by atoms with Gasteiger partial charge in [0.25, 0.3) is 0 Å². The molecule has 1 unspecified atom stereocenters. The highest BCUT2D eigenvalue weighted by Crippen LogP contribution is 2.27. The lowest BCUT2D eigenvalue weighted by Gasteiger charge is -2.22. The molecule has 2 rings (SSSR count). The second-order valence-corrected chi connectivity index (χ2v) is 6.38. The molecule has 1 aromatic heterocycles. The van der Waals surface area contributed by atoms with Gasteiger partial charge in [0.1, 0.15) is 12.2 Å². The van der Waals surface area contributed by atoms with Crippen LogP contribution in [0.15, 0.2) is 6.33 Å². The van der Waals surface area contributed by atoms with Crippen molar-refractivity contribution in [2.45, 2.75) is 77.3 Å². The molecule has 1 aromatic rings. The molecule has 1 aliphatic carbocycles. The van der Waals surface area contributed by atoms with Gasteiger partial charge in [-0.05, 0) is 26.2 Å². The zero-order valence-corrected chi connectivity index (χ0v) is 12.9. The molecule has 1 aliphatic rings. The largest absolute Gasteiger partial charge is 0.271 e. The normalized spacial score (nSPS) is 19.2. The van der Waals surface area contributed by atoms with E-state index in [4.69, 9.17) is 5.84 Å². The number of aromatic nitrogens is 3. The summed E-state index contributed by atoms with van der Waals surface area (Å²) in [6.07, 6.45) is 11.9. The minimum absolute atomic E-state index is 0.305. The molecule has 1 fully saturated rings. The molecular weight excluding hydrogens is 250 g/mol. The van der Waals surface area contributed by atoms with E-state index >= 15 is 0 Å². The second-order valence-electron chi connectivity index (χ2n) is 6.38. The maximum atomic E-state index is 5.76. The van der Waals surface area contributed by atoms with Crippen LogP contribution in [0, 0.1) is 5.92 Å². The summed E-state index contributed by atoms with van der Waals surface area (Å²) in [5, 5.41) is 4.30. The Morgan fingerprint density at radius 3 is 2.60 bits per heavy atom. The van der Waals surface area contributed by atoms with E-state index in [9.17, 15) is 0 Å². The average Bonchev–Trinajstić information content (AvgIpc) is 2.74. The number of hydrogen-bond acceptors (Lipinski definition) is 4. The van der Waals surface area contributed by atoms with Crippen molar-refractivity contribution >= 4 is 0 Å². The Hall–Kier alpha value is -0.940. The first-order chi connectivity index (χ1) is 9.70. The Kier molecular flexibility index (Phi) is 5.98. The van der Waals surface area contributed by atoms with E-state index in [2.05, 4.69) is 29.4 Å². The second kappa shape index (κ2) is 7.74. The van der Waals surface area contributed by atoms with Crippen LogP contribution in [-0.4, -0.2) is 20.8 Å². The fraction of sp³-hybridized carbons (Fsp3) is 0.867. The van der Waals surface area contributed by atoms with E-state index in [1.54, 1.807) is 6.33 Å². The van der Waals surface area contributed by atoms with Gasteiger partial charge < -0.3 is 0 Å². The van der Waals surface area contributed by atoms with Gasteiger partial charge in [0.05, 0.1) is 0 Å². The van der Waals surface area contributed by atoms with Crippen molar-refractivity contribution in [3.05, 3.63) is 12.2 Å². The third-order valence-electron chi connectivity index (χ3n) is 4.39.